The number of rotatable bonds is 49. The molecule has 11 heteroatoms. The van der Waals surface area contributed by atoms with Gasteiger partial charge in [-0.1, -0.05) is 244 Å². The van der Waals surface area contributed by atoms with Gasteiger partial charge in [-0.15, -0.1) is 0 Å². The Morgan fingerprint density at radius 2 is 0.897 bits per heavy atom. The minimum Gasteiger partial charge on any atom is -0.394 e. The van der Waals surface area contributed by atoms with E-state index in [0.717, 1.165) is 44.9 Å². The van der Waals surface area contributed by atoms with E-state index >= 15 is 0 Å². The van der Waals surface area contributed by atoms with Crippen molar-refractivity contribution in [2.24, 2.45) is 0 Å². The number of hydrogen-bond acceptors (Lipinski definition) is 10. The molecule has 1 fully saturated rings. The standard InChI is InChI=1S/C57H109NO10/c1-3-5-7-9-11-13-14-15-16-17-18-19-20-21-22-23-24-25-26-27-28-29-30-31-32-33-34-35-37-39-41-43-45-50(61)56(66)58-48(47-67-57-55(65)54(64)53(63)51(46-59)68-57)52(62)49(60)44-42-40-38-36-12-10-8-6-4-2/h18-19,21-22,48-55,57,59-65H,3-17,20,23-47H2,1-2H3,(H,58,66)/b19-18-,22-21-. The normalized spacial score (nSPS) is 20.6. The Balaban J connectivity index is 2.16. The SMILES string of the molecule is CCCCCCCCCCC/C=C\C/C=C\CCCCCCCCCCCCCCCCCCC(O)C(=O)NC(COC1OC(CO)C(O)C(O)C1O)C(O)C(O)CCCCCCCCCCC. The summed E-state index contributed by atoms with van der Waals surface area (Å²) in [6, 6.07) is -1.16. The molecule has 9 unspecified atom stereocenters. The maximum Gasteiger partial charge on any atom is 0.249 e. The van der Waals surface area contributed by atoms with Crippen molar-refractivity contribution in [1.29, 1.82) is 0 Å². The van der Waals surface area contributed by atoms with Crippen molar-refractivity contribution in [3.05, 3.63) is 24.3 Å². The van der Waals surface area contributed by atoms with Crippen LogP contribution >= 0.6 is 0 Å². The van der Waals surface area contributed by atoms with Gasteiger partial charge in [-0.2, -0.15) is 0 Å². The zero-order chi connectivity index (χ0) is 49.7. The third-order valence-corrected chi connectivity index (χ3v) is 14.0. The van der Waals surface area contributed by atoms with Crippen LogP contribution in [-0.4, -0.2) is 110 Å². The molecule has 402 valence electrons. The minimum absolute atomic E-state index is 0.262. The van der Waals surface area contributed by atoms with Crippen molar-refractivity contribution in [3.8, 4) is 0 Å². The van der Waals surface area contributed by atoms with Crippen molar-refractivity contribution < 1.29 is 50.0 Å². The highest BCUT2D eigenvalue weighted by Gasteiger charge is 2.44. The number of amides is 1. The van der Waals surface area contributed by atoms with E-state index in [4.69, 9.17) is 9.47 Å². The van der Waals surface area contributed by atoms with Gasteiger partial charge in [0.25, 0.3) is 0 Å². The van der Waals surface area contributed by atoms with E-state index in [1.807, 2.05) is 0 Å². The number of hydrogen-bond donors (Lipinski definition) is 8. The van der Waals surface area contributed by atoms with Crippen LogP contribution in [-0.2, 0) is 14.3 Å². The van der Waals surface area contributed by atoms with E-state index in [-0.39, 0.29) is 6.42 Å². The number of nitrogens with one attached hydrogen (secondary N) is 1. The molecule has 0 radical (unpaired) electrons. The average Bonchev–Trinajstić information content (AvgIpc) is 3.34. The van der Waals surface area contributed by atoms with Crippen LogP contribution in [0.15, 0.2) is 24.3 Å². The van der Waals surface area contributed by atoms with Crippen LogP contribution in [0.25, 0.3) is 0 Å². The Bertz CT molecular complexity index is 1160. The summed E-state index contributed by atoms with van der Waals surface area (Å²) in [6.45, 7) is 3.43. The van der Waals surface area contributed by atoms with E-state index < -0.39 is 74.2 Å². The zero-order valence-electron chi connectivity index (χ0n) is 43.9. The molecule has 11 nitrogen and oxygen atoms in total. The molecule has 1 aliphatic rings. The fourth-order valence-corrected chi connectivity index (χ4v) is 9.30. The predicted octanol–water partition coefficient (Wildman–Crippen LogP) is 11.7. The summed E-state index contributed by atoms with van der Waals surface area (Å²) >= 11 is 0. The van der Waals surface area contributed by atoms with Crippen LogP contribution < -0.4 is 5.32 Å². The van der Waals surface area contributed by atoms with Gasteiger partial charge in [0.2, 0.25) is 5.91 Å². The smallest absolute Gasteiger partial charge is 0.249 e. The van der Waals surface area contributed by atoms with E-state index in [1.54, 1.807) is 0 Å². The van der Waals surface area contributed by atoms with Crippen molar-refractivity contribution in [2.75, 3.05) is 13.2 Å². The van der Waals surface area contributed by atoms with Crippen LogP contribution in [0.1, 0.15) is 264 Å². The first-order chi connectivity index (χ1) is 33.2. The number of carbonyl (C=O) groups excluding carboxylic acids is 1. The summed E-state index contributed by atoms with van der Waals surface area (Å²) in [5.74, 6) is -0.696. The van der Waals surface area contributed by atoms with Crippen molar-refractivity contribution in [2.45, 2.75) is 319 Å². The second kappa shape index (κ2) is 46.6. The fourth-order valence-electron chi connectivity index (χ4n) is 9.30. The quantitative estimate of drug-likeness (QED) is 0.0215. The van der Waals surface area contributed by atoms with Gasteiger partial charge in [0.1, 0.15) is 36.6 Å². The van der Waals surface area contributed by atoms with Gasteiger partial charge in [-0.3, -0.25) is 4.79 Å². The molecule has 0 bridgehead atoms. The highest BCUT2D eigenvalue weighted by atomic mass is 16.7. The molecule has 1 aliphatic heterocycles. The molecule has 1 heterocycles. The summed E-state index contributed by atoms with van der Waals surface area (Å²) in [4.78, 5) is 13.1. The maximum atomic E-state index is 13.1. The summed E-state index contributed by atoms with van der Waals surface area (Å²) in [5.41, 5.74) is 0. The number of carbonyl (C=O) groups is 1. The Morgan fingerprint density at radius 1 is 0.515 bits per heavy atom. The largest absolute Gasteiger partial charge is 0.394 e. The molecule has 68 heavy (non-hydrogen) atoms. The molecule has 1 rings (SSSR count). The molecular weight excluding hydrogens is 859 g/mol. The van der Waals surface area contributed by atoms with E-state index in [9.17, 15) is 40.5 Å². The number of allylic oxidation sites excluding steroid dienone is 4. The van der Waals surface area contributed by atoms with Gasteiger partial charge >= 0.3 is 0 Å². The molecule has 0 aliphatic carbocycles. The Labute approximate surface area is 416 Å². The lowest BCUT2D eigenvalue weighted by Gasteiger charge is -2.40. The molecule has 0 aromatic rings. The fraction of sp³-hybridized carbons (Fsp3) is 0.912. The second-order valence-electron chi connectivity index (χ2n) is 20.4. The molecule has 8 N–H and O–H groups in total. The highest BCUT2D eigenvalue weighted by Crippen LogP contribution is 2.23. The highest BCUT2D eigenvalue weighted by molar-refractivity contribution is 5.80. The van der Waals surface area contributed by atoms with Gasteiger partial charge in [-0.25, -0.2) is 0 Å². The summed E-state index contributed by atoms with van der Waals surface area (Å²) in [7, 11) is 0. The zero-order valence-corrected chi connectivity index (χ0v) is 43.9. The first kappa shape index (κ1) is 64.6. The molecule has 0 saturated carbocycles. The van der Waals surface area contributed by atoms with Crippen LogP contribution in [0.3, 0.4) is 0 Å². The monoisotopic (exact) mass is 968 g/mol. The molecular formula is C57H109NO10. The third-order valence-electron chi connectivity index (χ3n) is 14.0. The van der Waals surface area contributed by atoms with Crippen molar-refractivity contribution in [3.63, 3.8) is 0 Å². The maximum absolute atomic E-state index is 13.1. The molecule has 1 saturated heterocycles. The van der Waals surface area contributed by atoms with Crippen molar-refractivity contribution >= 4 is 5.91 Å². The van der Waals surface area contributed by atoms with Crippen LogP contribution in [0.4, 0.5) is 0 Å². The molecule has 9 atom stereocenters. The van der Waals surface area contributed by atoms with Gasteiger partial charge in [-0.05, 0) is 44.9 Å². The summed E-state index contributed by atoms with van der Waals surface area (Å²) < 4.78 is 11.1. The first-order valence-corrected chi connectivity index (χ1v) is 28.7. The third kappa shape index (κ3) is 34.8. The summed E-state index contributed by atoms with van der Waals surface area (Å²) in [6.07, 6.45) is 44.1. The van der Waals surface area contributed by atoms with Gasteiger partial charge in [0, 0.05) is 0 Å². The summed E-state index contributed by atoms with van der Waals surface area (Å²) in [5, 5.41) is 75.7. The van der Waals surface area contributed by atoms with Gasteiger partial charge < -0.3 is 50.5 Å². The molecule has 1 amide bonds. The lowest BCUT2D eigenvalue weighted by Crippen LogP contribution is -2.60. The predicted molar refractivity (Wildman–Crippen MR) is 279 cm³/mol. The van der Waals surface area contributed by atoms with Gasteiger partial charge in [0.15, 0.2) is 6.29 Å². The lowest BCUT2D eigenvalue weighted by atomic mass is 9.98. The molecule has 0 spiro atoms. The Morgan fingerprint density at radius 3 is 1.31 bits per heavy atom. The minimum atomic E-state index is -1.66. The molecule has 0 aromatic heterocycles. The van der Waals surface area contributed by atoms with E-state index in [2.05, 4.69) is 43.5 Å². The number of unbranched alkanes of at least 4 members (excludes halogenated alkanes) is 33. The number of aliphatic hydroxyl groups is 7. The second-order valence-corrected chi connectivity index (χ2v) is 20.4. The van der Waals surface area contributed by atoms with E-state index in [0.29, 0.717) is 19.3 Å². The van der Waals surface area contributed by atoms with Crippen LogP contribution in [0, 0.1) is 0 Å². The average molecular weight is 968 g/mol. The Kier molecular flexibility index (Phi) is 44.3. The van der Waals surface area contributed by atoms with Crippen molar-refractivity contribution in [1.82, 2.24) is 5.32 Å². The lowest BCUT2D eigenvalue weighted by molar-refractivity contribution is -0.303. The number of aliphatic hydroxyl groups excluding tert-OH is 7. The first-order valence-electron chi connectivity index (χ1n) is 28.7. The van der Waals surface area contributed by atoms with Gasteiger partial charge in [0.05, 0.1) is 25.4 Å². The number of ether oxygens (including phenoxy) is 2. The van der Waals surface area contributed by atoms with Crippen LogP contribution in [0.5, 0.6) is 0 Å². The topological polar surface area (TPSA) is 189 Å². The molecule has 0 aromatic carbocycles. The Hall–Kier alpha value is -1.41. The van der Waals surface area contributed by atoms with E-state index in [1.165, 1.54) is 180 Å². The van der Waals surface area contributed by atoms with Crippen LogP contribution in [0.2, 0.25) is 0 Å².